The number of carbonyl (C=O) groups excluding carboxylic acids is 1. The summed E-state index contributed by atoms with van der Waals surface area (Å²) in [4.78, 5) is 14.2. The quantitative estimate of drug-likeness (QED) is 0.444. The van der Waals surface area contributed by atoms with Crippen molar-refractivity contribution in [1.82, 2.24) is 0 Å². The number of allylic oxidation sites excluding steroid dienone is 1. The molecule has 5 heteroatoms. The van der Waals surface area contributed by atoms with Crippen molar-refractivity contribution in [3.63, 3.8) is 0 Å². The average Bonchev–Trinajstić information content (AvgIpc) is 2.91. The molecule has 0 spiro atoms. The summed E-state index contributed by atoms with van der Waals surface area (Å²) in [5, 5.41) is 0. The monoisotopic (exact) mass is 416 g/mol. The van der Waals surface area contributed by atoms with Gasteiger partial charge in [0, 0.05) is 10.5 Å². The Balaban J connectivity index is 1.96. The van der Waals surface area contributed by atoms with Crippen LogP contribution in [-0.4, -0.2) is 19.0 Å². The van der Waals surface area contributed by atoms with Gasteiger partial charge in [-0.15, -0.1) is 0 Å². The van der Waals surface area contributed by atoms with E-state index in [1.54, 1.807) is 6.08 Å². The van der Waals surface area contributed by atoms with E-state index >= 15 is 0 Å². The molecule has 0 aromatic heterocycles. The molecule has 1 heterocycles. The van der Waals surface area contributed by atoms with Crippen molar-refractivity contribution in [2.45, 2.75) is 11.8 Å². The first-order chi connectivity index (χ1) is 12.1. The van der Waals surface area contributed by atoms with Crippen molar-refractivity contribution in [2.24, 2.45) is 0 Å². The predicted octanol–water partition coefficient (Wildman–Crippen LogP) is 5.74. The Morgan fingerprint density at radius 1 is 1.24 bits per heavy atom. The van der Waals surface area contributed by atoms with Gasteiger partial charge in [-0.1, -0.05) is 36.5 Å². The first-order valence-corrected chi connectivity index (χ1v) is 9.48. The Bertz CT molecular complexity index is 858. The van der Waals surface area contributed by atoms with Gasteiger partial charge in [-0.3, -0.25) is 4.79 Å². The second-order valence-electron chi connectivity index (χ2n) is 5.30. The van der Waals surface area contributed by atoms with Crippen LogP contribution in [0.2, 0.25) is 0 Å². The summed E-state index contributed by atoms with van der Waals surface area (Å²) in [5.41, 5.74) is 1.64. The molecule has 0 radical (unpaired) electrons. The van der Waals surface area contributed by atoms with Gasteiger partial charge in [-0.05, 0) is 58.8 Å². The zero-order chi connectivity index (χ0) is 17.8. The molecule has 0 atom stereocenters. The van der Waals surface area contributed by atoms with Crippen molar-refractivity contribution in [3.8, 4) is 11.5 Å². The van der Waals surface area contributed by atoms with Crippen LogP contribution in [0.1, 0.15) is 22.8 Å². The van der Waals surface area contributed by atoms with Gasteiger partial charge >= 0.3 is 0 Å². The smallest absolute Gasteiger partial charge is 0.200 e. The van der Waals surface area contributed by atoms with Crippen LogP contribution in [0, 0.1) is 0 Å². The van der Waals surface area contributed by atoms with Crippen molar-refractivity contribution in [2.75, 3.05) is 13.2 Å². The van der Waals surface area contributed by atoms with E-state index in [1.807, 2.05) is 49.4 Å². The number of rotatable bonds is 6. The number of carbonyl (C=O) groups is 1. The lowest BCUT2D eigenvalue weighted by molar-refractivity contribution is 0.104. The van der Waals surface area contributed by atoms with E-state index in [9.17, 15) is 4.79 Å². The van der Waals surface area contributed by atoms with Crippen LogP contribution >= 0.6 is 27.7 Å². The van der Waals surface area contributed by atoms with Gasteiger partial charge < -0.3 is 9.47 Å². The van der Waals surface area contributed by atoms with Gasteiger partial charge in [-0.25, -0.2) is 0 Å². The molecule has 25 heavy (non-hydrogen) atoms. The van der Waals surface area contributed by atoms with Crippen molar-refractivity contribution in [3.05, 3.63) is 69.6 Å². The molecule has 0 aliphatic carbocycles. The molecule has 2 aromatic rings. The second kappa shape index (κ2) is 7.93. The van der Waals surface area contributed by atoms with Crippen LogP contribution in [0.5, 0.6) is 11.5 Å². The van der Waals surface area contributed by atoms with Gasteiger partial charge in [0.25, 0.3) is 0 Å². The number of fused-ring (bicyclic) bond motifs is 1. The number of halogens is 1. The van der Waals surface area contributed by atoms with Crippen LogP contribution in [-0.2, 0) is 0 Å². The zero-order valence-corrected chi connectivity index (χ0v) is 16.2. The molecule has 0 unspecified atom stereocenters. The maximum atomic E-state index is 12.5. The van der Waals surface area contributed by atoms with Crippen molar-refractivity contribution >= 4 is 39.6 Å². The van der Waals surface area contributed by atoms with Crippen LogP contribution < -0.4 is 9.47 Å². The molecular weight excluding hydrogens is 400 g/mol. The Hall–Kier alpha value is -1.98. The Morgan fingerprint density at radius 3 is 2.76 bits per heavy atom. The lowest BCUT2D eigenvalue weighted by Crippen LogP contribution is -2.00. The van der Waals surface area contributed by atoms with Gasteiger partial charge in [-0.2, -0.15) is 0 Å². The van der Waals surface area contributed by atoms with Gasteiger partial charge in [0.1, 0.15) is 6.61 Å². The fraction of sp³-hybridized carbons (Fsp3) is 0.150. The summed E-state index contributed by atoms with van der Waals surface area (Å²) >= 11 is 5.02. The summed E-state index contributed by atoms with van der Waals surface area (Å²) in [6.45, 7) is 6.50. The van der Waals surface area contributed by atoms with E-state index in [4.69, 9.17) is 9.47 Å². The van der Waals surface area contributed by atoms with E-state index in [-0.39, 0.29) is 5.78 Å². The summed E-state index contributed by atoms with van der Waals surface area (Å²) in [6, 6.07) is 11.5. The van der Waals surface area contributed by atoms with Crippen LogP contribution in [0.15, 0.2) is 63.3 Å². The third-order valence-electron chi connectivity index (χ3n) is 3.55. The normalized spacial score (nSPS) is 14.5. The number of hydrogen-bond donors (Lipinski definition) is 0. The van der Waals surface area contributed by atoms with Crippen molar-refractivity contribution in [1.29, 1.82) is 0 Å². The average molecular weight is 417 g/mol. The first-order valence-electron chi connectivity index (χ1n) is 7.87. The predicted molar refractivity (Wildman–Crippen MR) is 106 cm³/mol. The SMILES string of the molecule is C=CCOc1c(Br)cc(/C=C2/Sc3ccccc3C2=O)cc1OCC. The van der Waals surface area contributed by atoms with E-state index in [0.29, 0.717) is 29.6 Å². The van der Waals surface area contributed by atoms with E-state index in [1.165, 1.54) is 11.8 Å². The third kappa shape index (κ3) is 3.83. The minimum Gasteiger partial charge on any atom is -0.490 e. The number of thioether (sulfide) groups is 1. The summed E-state index contributed by atoms with van der Waals surface area (Å²) in [5.74, 6) is 1.33. The molecule has 128 valence electrons. The lowest BCUT2D eigenvalue weighted by atomic mass is 10.1. The Kier molecular flexibility index (Phi) is 5.66. The zero-order valence-electron chi connectivity index (χ0n) is 13.8. The molecule has 1 aliphatic rings. The molecule has 0 saturated carbocycles. The maximum absolute atomic E-state index is 12.5. The number of benzene rings is 2. The highest BCUT2D eigenvalue weighted by Gasteiger charge is 2.25. The molecule has 0 N–H and O–H groups in total. The fourth-order valence-corrected chi connectivity index (χ4v) is 4.13. The minimum atomic E-state index is 0.0571. The number of ketones is 1. The second-order valence-corrected chi connectivity index (χ2v) is 7.24. The maximum Gasteiger partial charge on any atom is 0.200 e. The first kappa shape index (κ1) is 17.8. The van der Waals surface area contributed by atoms with Crippen LogP contribution in [0.25, 0.3) is 6.08 Å². The number of Topliss-reactive ketones (excluding diaryl/α,β-unsaturated/α-hetero) is 1. The Morgan fingerprint density at radius 2 is 2.04 bits per heavy atom. The van der Waals surface area contributed by atoms with Crippen LogP contribution in [0.4, 0.5) is 0 Å². The molecule has 0 fully saturated rings. The number of ether oxygens (including phenoxy) is 2. The summed E-state index contributed by atoms with van der Waals surface area (Å²) in [7, 11) is 0. The van der Waals surface area contributed by atoms with E-state index in [0.717, 1.165) is 20.5 Å². The molecule has 0 amide bonds. The fourth-order valence-electron chi connectivity index (χ4n) is 2.50. The third-order valence-corrected chi connectivity index (χ3v) is 5.24. The highest BCUT2D eigenvalue weighted by atomic mass is 79.9. The summed E-state index contributed by atoms with van der Waals surface area (Å²) in [6.07, 6.45) is 3.57. The molecule has 3 rings (SSSR count). The van der Waals surface area contributed by atoms with Gasteiger partial charge in [0.2, 0.25) is 5.78 Å². The van der Waals surface area contributed by atoms with E-state index < -0.39 is 0 Å². The Labute approximate surface area is 159 Å². The highest BCUT2D eigenvalue weighted by molar-refractivity contribution is 9.10. The molecule has 0 saturated heterocycles. The number of hydrogen-bond acceptors (Lipinski definition) is 4. The summed E-state index contributed by atoms with van der Waals surface area (Å²) < 4.78 is 12.2. The molecule has 3 nitrogen and oxygen atoms in total. The lowest BCUT2D eigenvalue weighted by Gasteiger charge is -2.13. The molecule has 2 aromatic carbocycles. The van der Waals surface area contributed by atoms with E-state index in [2.05, 4.69) is 22.5 Å². The largest absolute Gasteiger partial charge is 0.490 e. The topological polar surface area (TPSA) is 35.5 Å². The molecular formula is C20H17BrO3S. The molecule has 1 aliphatic heterocycles. The van der Waals surface area contributed by atoms with Gasteiger partial charge in [0.05, 0.1) is 16.0 Å². The standard InChI is InChI=1S/C20H17BrO3S/c1-3-9-24-20-15(21)10-13(11-16(20)23-4-2)12-18-19(22)14-7-5-6-8-17(14)25-18/h3,5-8,10-12H,1,4,9H2,2H3/b18-12+. The van der Waals surface area contributed by atoms with Gasteiger partial charge in [0.15, 0.2) is 11.5 Å². The van der Waals surface area contributed by atoms with Crippen LogP contribution in [0.3, 0.4) is 0 Å². The van der Waals surface area contributed by atoms with Crippen molar-refractivity contribution < 1.29 is 14.3 Å². The highest BCUT2D eigenvalue weighted by Crippen LogP contribution is 2.42. The minimum absolute atomic E-state index is 0.0571. The molecule has 0 bridgehead atoms.